The summed E-state index contributed by atoms with van der Waals surface area (Å²) in [6.07, 6.45) is 1.69. The molecule has 0 saturated carbocycles. The first-order chi connectivity index (χ1) is 7.65. The number of rotatable bonds is 4. The molecule has 0 atom stereocenters. The van der Waals surface area contributed by atoms with Crippen LogP contribution in [0.4, 0.5) is 0 Å². The fraction of sp³-hybridized carbons (Fsp3) is 0.333. The van der Waals surface area contributed by atoms with Crippen LogP contribution in [0.15, 0.2) is 18.2 Å². The van der Waals surface area contributed by atoms with E-state index in [4.69, 9.17) is 5.11 Å². The Kier molecular flexibility index (Phi) is 2.90. The predicted molar refractivity (Wildman–Crippen MR) is 61.4 cm³/mol. The average Bonchev–Trinajstić information content (AvgIpc) is 2.56. The molecule has 4 nitrogen and oxygen atoms in total. The van der Waals surface area contributed by atoms with E-state index in [9.17, 15) is 4.79 Å². The second-order valence-electron chi connectivity index (χ2n) is 3.92. The Morgan fingerprint density at radius 3 is 3.06 bits per heavy atom. The van der Waals surface area contributed by atoms with Gasteiger partial charge in [-0.1, -0.05) is 6.07 Å². The van der Waals surface area contributed by atoms with E-state index in [0.29, 0.717) is 6.42 Å². The molecular formula is C12H14N2O2. The lowest BCUT2D eigenvalue weighted by Gasteiger charge is -1.99. The number of aryl methyl sites for hydroxylation is 2. The van der Waals surface area contributed by atoms with Gasteiger partial charge in [-0.3, -0.25) is 4.79 Å². The van der Waals surface area contributed by atoms with Gasteiger partial charge in [-0.05, 0) is 37.5 Å². The molecule has 0 aliphatic carbocycles. The molecule has 2 N–H and O–H groups in total. The minimum Gasteiger partial charge on any atom is -0.481 e. The van der Waals surface area contributed by atoms with E-state index in [2.05, 4.69) is 9.97 Å². The number of aromatic amines is 1. The number of fused-ring (bicyclic) bond motifs is 1. The predicted octanol–water partition coefficient (Wildman–Crippen LogP) is 2.28. The van der Waals surface area contributed by atoms with Gasteiger partial charge in [0.05, 0.1) is 11.0 Å². The molecule has 0 saturated heterocycles. The van der Waals surface area contributed by atoms with Gasteiger partial charge in [0.25, 0.3) is 0 Å². The van der Waals surface area contributed by atoms with Crippen LogP contribution in [0.25, 0.3) is 11.0 Å². The minimum absolute atomic E-state index is 0.222. The van der Waals surface area contributed by atoms with E-state index in [1.807, 2.05) is 25.1 Å². The lowest BCUT2D eigenvalue weighted by Crippen LogP contribution is -1.95. The molecule has 0 amide bonds. The van der Waals surface area contributed by atoms with Crippen molar-refractivity contribution in [3.63, 3.8) is 0 Å². The van der Waals surface area contributed by atoms with Crippen molar-refractivity contribution in [1.29, 1.82) is 0 Å². The van der Waals surface area contributed by atoms with E-state index in [1.54, 1.807) is 0 Å². The Balaban J connectivity index is 2.10. The Labute approximate surface area is 93.3 Å². The highest BCUT2D eigenvalue weighted by Crippen LogP contribution is 2.15. The molecule has 0 fully saturated rings. The maximum Gasteiger partial charge on any atom is 0.303 e. The summed E-state index contributed by atoms with van der Waals surface area (Å²) in [5, 5.41) is 8.55. The van der Waals surface area contributed by atoms with Crippen LogP contribution >= 0.6 is 0 Å². The number of aromatic nitrogens is 2. The maximum absolute atomic E-state index is 10.4. The summed E-state index contributed by atoms with van der Waals surface area (Å²) < 4.78 is 0. The third-order valence-electron chi connectivity index (χ3n) is 2.52. The monoisotopic (exact) mass is 218 g/mol. The van der Waals surface area contributed by atoms with Gasteiger partial charge in [0, 0.05) is 6.42 Å². The van der Waals surface area contributed by atoms with Crippen molar-refractivity contribution in [1.82, 2.24) is 9.97 Å². The van der Waals surface area contributed by atoms with Crippen molar-refractivity contribution < 1.29 is 9.90 Å². The normalized spacial score (nSPS) is 10.8. The van der Waals surface area contributed by atoms with Crippen LogP contribution in [0.5, 0.6) is 0 Å². The number of carboxylic acids is 1. The van der Waals surface area contributed by atoms with E-state index in [1.165, 1.54) is 0 Å². The summed E-state index contributed by atoms with van der Waals surface area (Å²) in [6.45, 7) is 1.92. The van der Waals surface area contributed by atoms with Crippen LogP contribution in [0.1, 0.15) is 24.2 Å². The van der Waals surface area contributed by atoms with Gasteiger partial charge in [0.2, 0.25) is 0 Å². The number of benzene rings is 1. The highest BCUT2D eigenvalue weighted by atomic mass is 16.4. The number of nitrogens with zero attached hydrogens (tertiary/aromatic N) is 1. The lowest BCUT2D eigenvalue weighted by molar-refractivity contribution is -0.137. The number of carboxylic acid groups (broad SMARTS) is 1. The summed E-state index contributed by atoms with van der Waals surface area (Å²) in [5.74, 6) is 0.163. The van der Waals surface area contributed by atoms with Crippen LogP contribution in [0, 0.1) is 6.92 Å². The lowest BCUT2D eigenvalue weighted by atomic mass is 10.1. The largest absolute Gasteiger partial charge is 0.481 e. The quantitative estimate of drug-likeness (QED) is 0.827. The third-order valence-corrected chi connectivity index (χ3v) is 2.52. The number of hydrogen-bond acceptors (Lipinski definition) is 2. The second-order valence-corrected chi connectivity index (χ2v) is 3.92. The third kappa shape index (κ3) is 2.39. The SMILES string of the molecule is Cc1nc2ccc(CCCC(=O)O)cc2[nH]1. The first-order valence-corrected chi connectivity index (χ1v) is 5.32. The summed E-state index contributed by atoms with van der Waals surface area (Å²) in [4.78, 5) is 17.9. The van der Waals surface area contributed by atoms with Crippen LogP contribution in [-0.4, -0.2) is 21.0 Å². The smallest absolute Gasteiger partial charge is 0.303 e. The molecule has 1 aromatic heterocycles. The number of hydrogen-bond donors (Lipinski definition) is 2. The van der Waals surface area contributed by atoms with Crippen LogP contribution in [0.3, 0.4) is 0 Å². The fourth-order valence-electron chi connectivity index (χ4n) is 1.78. The maximum atomic E-state index is 10.4. The van der Waals surface area contributed by atoms with Gasteiger partial charge in [0.1, 0.15) is 5.82 Å². The molecule has 1 heterocycles. The van der Waals surface area contributed by atoms with E-state index < -0.39 is 5.97 Å². The summed E-state index contributed by atoms with van der Waals surface area (Å²) in [5.41, 5.74) is 3.13. The van der Waals surface area contributed by atoms with Crippen LogP contribution < -0.4 is 0 Å². The number of nitrogens with one attached hydrogen (secondary N) is 1. The van der Waals surface area contributed by atoms with Gasteiger partial charge in [-0.25, -0.2) is 4.98 Å². The van der Waals surface area contributed by atoms with Crippen molar-refractivity contribution >= 4 is 17.0 Å². The van der Waals surface area contributed by atoms with E-state index in [0.717, 1.165) is 28.8 Å². The minimum atomic E-state index is -0.738. The Bertz CT molecular complexity index is 517. The highest BCUT2D eigenvalue weighted by Gasteiger charge is 2.02. The molecule has 0 spiro atoms. The second kappa shape index (κ2) is 4.35. The van der Waals surface area contributed by atoms with Crippen molar-refractivity contribution in [3.05, 3.63) is 29.6 Å². The van der Waals surface area contributed by atoms with Crippen molar-refractivity contribution in [3.8, 4) is 0 Å². The summed E-state index contributed by atoms with van der Waals surface area (Å²) >= 11 is 0. The number of H-pyrrole nitrogens is 1. The molecular weight excluding hydrogens is 204 g/mol. The fourth-order valence-corrected chi connectivity index (χ4v) is 1.78. The summed E-state index contributed by atoms with van der Waals surface area (Å²) in [7, 11) is 0. The number of imidazole rings is 1. The van der Waals surface area contributed by atoms with E-state index in [-0.39, 0.29) is 6.42 Å². The zero-order valence-corrected chi connectivity index (χ0v) is 9.16. The Morgan fingerprint density at radius 2 is 2.31 bits per heavy atom. The molecule has 0 aliphatic rings. The molecule has 2 aromatic rings. The highest BCUT2D eigenvalue weighted by molar-refractivity contribution is 5.75. The molecule has 2 rings (SSSR count). The van der Waals surface area contributed by atoms with Gasteiger partial charge in [-0.2, -0.15) is 0 Å². The van der Waals surface area contributed by atoms with Gasteiger partial charge in [-0.15, -0.1) is 0 Å². The van der Waals surface area contributed by atoms with Crippen molar-refractivity contribution in [2.24, 2.45) is 0 Å². The first-order valence-electron chi connectivity index (χ1n) is 5.32. The van der Waals surface area contributed by atoms with Gasteiger partial charge < -0.3 is 10.1 Å². The molecule has 4 heteroatoms. The van der Waals surface area contributed by atoms with Crippen molar-refractivity contribution in [2.45, 2.75) is 26.2 Å². The van der Waals surface area contributed by atoms with Crippen LogP contribution in [-0.2, 0) is 11.2 Å². The zero-order valence-electron chi connectivity index (χ0n) is 9.16. The topological polar surface area (TPSA) is 66.0 Å². The Morgan fingerprint density at radius 1 is 1.50 bits per heavy atom. The number of aliphatic carboxylic acids is 1. The molecule has 0 aliphatic heterocycles. The first kappa shape index (κ1) is 10.7. The Hall–Kier alpha value is -1.84. The van der Waals surface area contributed by atoms with Crippen LogP contribution in [0.2, 0.25) is 0 Å². The van der Waals surface area contributed by atoms with Gasteiger partial charge in [0.15, 0.2) is 0 Å². The zero-order chi connectivity index (χ0) is 11.5. The molecule has 16 heavy (non-hydrogen) atoms. The van der Waals surface area contributed by atoms with E-state index >= 15 is 0 Å². The summed E-state index contributed by atoms with van der Waals surface area (Å²) in [6, 6.07) is 6.01. The molecule has 0 radical (unpaired) electrons. The molecule has 0 unspecified atom stereocenters. The molecule has 84 valence electrons. The standard InChI is InChI=1S/C12H14N2O2/c1-8-13-10-6-5-9(7-11(10)14-8)3-2-4-12(15)16/h5-7H,2-4H2,1H3,(H,13,14)(H,15,16). The molecule has 1 aromatic carbocycles. The van der Waals surface area contributed by atoms with Crippen molar-refractivity contribution in [2.75, 3.05) is 0 Å². The number of carbonyl (C=O) groups is 1. The average molecular weight is 218 g/mol. The van der Waals surface area contributed by atoms with Gasteiger partial charge >= 0.3 is 5.97 Å². The molecule has 0 bridgehead atoms.